The monoisotopic (exact) mass is 109 g/mol. The van der Waals surface area contributed by atoms with E-state index in [0.717, 1.165) is 0 Å². The Morgan fingerprint density at radius 2 is 1.57 bits per heavy atom. The second-order valence-corrected chi connectivity index (χ2v) is 0.589. The lowest BCUT2D eigenvalue weighted by Gasteiger charge is -1.74. The van der Waals surface area contributed by atoms with Crippen molar-refractivity contribution in [3.05, 3.63) is 4.91 Å². The molecule has 0 saturated heterocycles. The minimum atomic E-state index is 0. The molecular weight excluding hydrogens is 100 g/mol. The van der Waals surface area contributed by atoms with Gasteiger partial charge in [0, 0.05) is 0 Å². The zero-order chi connectivity index (χ0) is 4.99. The summed E-state index contributed by atoms with van der Waals surface area (Å²) in [5, 5.41) is 0. The Morgan fingerprint density at radius 3 is 1.57 bits per heavy atom. The number of hydrogen-bond acceptors (Lipinski definition) is 4. The van der Waals surface area contributed by atoms with E-state index in [1.807, 2.05) is 0 Å². The number of nitrogens with zero attached hydrogens (tertiary/aromatic N) is 1. The molecule has 0 atom stereocenters. The summed E-state index contributed by atoms with van der Waals surface area (Å²) in [6.07, 6.45) is 0. The summed E-state index contributed by atoms with van der Waals surface area (Å²) in [5.41, 5.74) is 0. The van der Waals surface area contributed by atoms with Crippen LogP contribution in [0, 0.1) is 4.91 Å². The van der Waals surface area contributed by atoms with Crippen LogP contribution in [0.5, 0.6) is 0 Å². The Bertz CT molecular complexity index is 48.9. The van der Waals surface area contributed by atoms with E-state index in [-0.39, 0.29) is 11.2 Å². The van der Waals surface area contributed by atoms with E-state index in [9.17, 15) is 4.91 Å². The molecule has 0 aliphatic heterocycles. The van der Waals surface area contributed by atoms with E-state index < -0.39 is 0 Å². The number of hydrogen-bond donors (Lipinski definition) is 1. The van der Waals surface area contributed by atoms with Gasteiger partial charge in [-0.25, -0.2) is 0 Å². The van der Waals surface area contributed by atoms with Crippen LogP contribution >= 0.6 is 0 Å². The van der Waals surface area contributed by atoms with Gasteiger partial charge in [-0.1, -0.05) is 0 Å². The second-order valence-electron chi connectivity index (χ2n) is 0.589. The maximum absolute atomic E-state index is 9.65. The molecule has 0 unspecified atom stereocenters. The molecule has 5 nitrogen and oxygen atoms in total. The zero-order valence-corrected chi connectivity index (χ0v) is 4.38. The predicted octanol–water partition coefficient (Wildman–Crippen LogP) is 0.0501. The summed E-state index contributed by atoms with van der Waals surface area (Å²) in [4.78, 5) is 17.6. The quantitative estimate of drug-likeness (QED) is 0.508. The maximum atomic E-state index is 9.65. The van der Waals surface area contributed by atoms with Crippen LogP contribution in [0.25, 0.3) is 0 Å². The van der Waals surface area contributed by atoms with Crippen LogP contribution in [-0.4, -0.2) is 19.3 Å². The molecule has 0 aliphatic rings. The molecule has 0 aromatic rings. The molecule has 0 radical (unpaired) electrons. The molecule has 0 aromatic carbocycles. The molecule has 0 aliphatic carbocycles. The third-order valence-corrected chi connectivity index (χ3v) is 0.298. The van der Waals surface area contributed by atoms with Crippen LogP contribution in [0.2, 0.25) is 0 Å². The van der Waals surface area contributed by atoms with Gasteiger partial charge in [0.25, 0.3) is 0 Å². The summed E-state index contributed by atoms with van der Waals surface area (Å²) in [6, 6.07) is 0. The van der Waals surface area contributed by atoms with Crippen LogP contribution < -0.4 is 6.15 Å². The van der Waals surface area contributed by atoms with Crippen molar-refractivity contribution in [1.82, 2.24) is 6.15 Å². The molecule has 0 amide bonds. The van der Waals surface area contributed by atoms with E-state index >= 15 is 0 Å². The fourth-order valence-electron chi connectivity index (χ4n) is 0.0745. The summed E-state index contributed by atoms with van der Waals surface area (Å²) >= 11 is 0. The van der Waals surface area contributed by atoms with Gasteiger partial charge in [-0.15, -0.1) is 0 Å². The largest absolute Gasteiger partial charge is 0.476 e. The molecule has 5 heteroatoms. The molecule has 0 bridgehead atoms. The molecule has 0 fully saturated rings. The standard InChI is InChI=1S/C2H6NO3.H3N/c1-5-3(4)6-2;/h1-2H3;1H3/q+1;. The molecule has 0 spiro atoms. The van der Waals surface area contributed by atoms with E-state index in [2.05, 4.69) is 9.68 Å². The average molecular weight is 109 g/mol. The van der Waals surface area contributed by atoms with Gasteiger partial charge >= 0.3 is 5.09 Å². The van der Waals surface area contributed by atoms with Gasteiger partial charge in [-0.05, 0) is 0 Å². The van der Waals surface area contributed by atoms with Crippen LogP contribution in [0.1, 0.15) is 0 Å². The minimum Gasteiger partial charge on any atom is -0.344 e. The predicted molar refractivity (Wildman–Crippen MR) is 22.7 cm³/mol. The van der Waals surface area contributed by atoms with Crippen molar-refractivity contribution in [3.63, 3.8) is 0 Å². The first-order chi connectivity index (χ1) is 2.81. The van der Waals surface area contributed by atoms with Crippen molar-refractivity contribution in [1.29, 1.82) is 0 Å². The van der Waals surface area contributed by atoms with Crippen molar-refractivity contribution >= 4 is 0 Å². The van der Waals surface area contributed by atoms with Crippen LogP contribution in [-0.2, 0) is 9.68 Å². The maximum Gasteiger partial charge on any atom is 0.476 e. The Balaban J connectivity index is 0. The summed E-state index contributed by atoms with van der Waals surface area (Å²) in [7, 11) is 2.44. The smallest absolute Gasteiger partial charge is 0.344 e. The zero-order valence-electron chi connectivity index (χ0n) is 4.38. The number of rotatable bonds is 2. The highest BCUT2D eigenvalue weighted by atomic mass is 17.0. The lowest BCUT2D eigenvalue weighted by molar-refractivity contribution is -0.972. The Labute approximate surface area is 41.3 Å². The Morgan fingerprint density at radius 1 is 1.29 bits per heavy atom. The summed E-state index contributed by atoms with van der Waals surface area (Å²) in [6.45, 7) is 0. The van der Waals surface area contributed by atoms with E-state index in [4.69, 9.17) is 0 Å². The SMILES string of the molecule is CO[N+](=O)OC.N. The average Bonchev–Trinajstić information content (AvgIpc) is 1.65. The van der Waals surface area contributed by atoms with Gasteiger partial charge in [0.1, 0.15) is 4.91 Å². The van der Waals surface area contributed by atoms with E-state index in [1.165, 1.54) is 14.2 Å². The first-order valence-electron chi connectivity index (χ1n) is 1.36. The van der Waals surface area contributed by atoms with Crippen molar-refractivity contribution in [3.8, 4) is 0 Å². The highest BCUT2D eigenvalue weighted by Crippen LogP contribution is 1.66. The van der Waals surface area contributed by atoms with Gasteiger partial charge in [0.15, 0.2) is 14.2 Å². The fourth-order valence-corrected chi connectivity index (χ4v) is 0.0745. The van der Waals surface area contributed by atoms with Crippen molar-refractivity contribution < 1.29 is 14.8 Å². The van der Waals surface area contributed by atoms with Crippen molar-refractivity contribution in [2.45, 2.75) is 0 Å². The molecule has 0 aromatic heterocycles. The molecular formula is C2H9N2O3+. The second kappa shape index (κ2) is 5.16. The van der Waals surface area contributed by atoms with E-state index in [0.29, 0.717) is 0 Å². The van der Waals surface area contributed by atoms with E-state index in [1.54, 1.807) is 0 Å². The summed E-state index contributed by atoms with van der Waals surface area (Å²) in [5.74, 6) is 0. The lowest BCUT2D eigenvalue weighted by Crippen LogP contribution is -2.02. The first kappa shape index (κ1) is 9.48. The molecule has 0 saturated carbocycles. The third-order valence-electron chi connectivity index (χ3n) is 0.298. The minimum absolute atomic E-state index is 0. The molecule has 7 heavy (non-hydrogen) atoms. The Hall–Kier alpha value is -0.840. The lowest BCUT2D eigenvalue weighted by atomic mass is 11.7. The third kappa shape index (κ3) is 5.16. The van der Waals surface area contributed by atoms with Crippen molar-refractivity contribution in [2.75, 3.05) is 14.2 Å². The van der Waals surface area contributed by atoms with Gasteiger partial charge in [-0.2, -0.15) is 9.68 Å². The van der Waals surface area contributed by atoms with Crippen LogP contribution in [0.4, 0.5) is 0 Å². The van der Waals surface area contributed by atoms with Crippen molar-refractivity contribution in [2.24, 2.45) is 0 Å². The normalized spacial score (nSPS) is 6.00. The van der Waals surface area contributed by atoms with Gasteiger partial charge in [0.2, 0.25) is 0 Å². The van der Waals surface area contributed by atoms with Crippen LogP contribution in [0.3, 0.4) is 0 Å². The van der Waals surface area contributed by atoms with Crippen LogP contribution in [0.15, 0.2) is 0 Å². The highest BCUT2D eigenvalue weighted by Gasteiger charge is 1.98. The first-order valence-corrected chi connectivity index (χ1v) is 1.36. The topological polar surface area (TPSA) is 73.5 Å². The molecule has 0 heterocycles. The molecule has 44 valence electrons. The highest BCUT2D eigenvalue weighted by molar-refractivity contribution is 3.63. The molecule has 0 rings (SSSR count). The summed E-state index contributed by atoms with van der Waals surface area (Å²) < 4.78 is 0. The fraction of sp³-hybridized carbons (Fsp3) is 1.00. The Kier molecular flexibility index (Phi) is 6.99. The molecule has 3 N–H and O–H groups in total. The van der Waals surface area contributed by atoms with Gasteiger partial charge < -0.3 is 6.15 Å². The van der Waals surface area contributed by atoms with Gasteiger partial charge in [0.05, 0.1) is 0 Å². The van der Waals surface area contributed by atoms with Gasteiger partial charge in [-0.3, -0.25) is 0 Å².